The molecule has 3 saturated heterocycles. The molecule has 1 aliphatic carbocycles. The SMILES string of the molecule is COCCN1C[C@@H]2CC[C@H]1CN(C(=O)C1(c3ccc(Cl)cc3)CCC1)C2. The lowest BCUT2D eigenvalue weighted by atomic mass is 9.63. The lowest BCUT2D eigenvalue weighted by Crippen LogP contribution is -2.53. The molecule has 1 amide bonds. The van der Waals surface area contributed by atoms with Crippen LogP contribution in [-0.2, 0) is 14.9 Å². The summed E-state index contributed by atoms with van der Waals surface area (Å²) >= 11 is 6.07. The first-order valence-electron chi connectivity index (χ1n) is 9.91. The van der Waals surface area contributed by atoms with Gasteiger partial charge in [-0.1, -0.05) is 30.2 Å². The van der Waals surface area contributed by atoms with E-state index < -0.39 is 0 Å². The number of hydrogen-bond acceptors (Lipinski definition) is 3. The third-order valence-corrected chi connectivity index (χ3v) is 6.96. The molecule has 3 heterocycles. The Bertz CT molecular complexity index is 644. The van der Waals surface area contributed by atoms with E-state index in [0.29, 0.717) is 17.9 Å². The van der Waals surface area contributed by atoms with Crippen molar-refractivity contribution in [3.63, 3.8) is 0 Å². The van der Waals surface area contributed by atoms with Gasteiger partial charge in [0.2, 0.25) is 5.91 Å². The molecule has 1 aromatic carbocycles. The van der Waals surface area contributed by atoms with Crippen LogP contribution < -0.4 is 0 Å². The fraction of sp³-hybridized carbons (Fsp3) is 0.667. The van der Waals surface area contributed by atoms with E-state index in [2.05, 4.69) is 21.9 Å². The third-order valence-electron chi connectivity index (χ3n) is 6.71. The Hall–Kier alpha value is -1.10. The topological polar surface area (TPSA) is 32.8 Å². The van der Waals surface area contributed by atoms with Gasteiger partial charge in [-0.2, -0.15) is 0 Å². The van der Waals surface area contributed by atoms with Crippen LogP contribution in [0.3, 0.4) is 0 Å². The van der Waals surface area contributed by atoms with Crippen molar-refractivity contribution >= 4 is 17.5 Å². The molecule has 2 bridgehead atoms. The maximum Gasteiger partial charge on any atom is 0.233 e. The highest BCUT2D eigenvalue weighted by Crippen LogP contribution is 2.46. The molecule has 0 spiro atoms. The quantitative estimate of drug-likeness (QED) is 0.790. The molecule has 0 unspecified atom stereocenters. The maximum absolute atomic E-state index is 13.6. The molecule has 1 saturated carbocycles. The fourth-order valence-electron chi connectivity index (χ4n) is 5.06. The normalized spacial score (nSPS) is 27.8. The van der Waals surface area contributed by atoms with E-state index in [0.717, 1.165) is 62.6 Å². The van der Waals surface area contributed by atoms with Crippen LogP contribution in [0.25, 0.3) is 0 Å². The minimum Gasteiger partial charge on any atom is -0.383 e. The molecule has 4 nitrogen and oxygen atoms in total. The van der Waals surface area contributed by atoms with Gasteiger partial charge < -0.3 is 9.64 Å². The number of fused-ring (bicyclic) bond motifs is 4. The Morgan fingerprint density at radius 3 is 2.62 bits per heavy atom. The van der Waals surface area contributed by atoms with Gasteiger partial charge in [-0.25, -0.2) is 0 Å². The second-order valence-corrected chi connectivity index (χ2v) is 8.67. The summed E-state index contributed by atoms with van der Waals surface area (Å²) in [6, 6.07) is 8.43. The summed E-state index contributed by atoms with van der Waals surface area (Å²) < 4.78 is 5.28. The van der Waals surface area contributed by atoms with Crippen molar-refractivity contribution in [1.29, 1.82) is 0 Å². The van der Waals surface area contributed by atoms with Gasteiger partial charge in [0, 0.05) is 44.4 Å². The van der Waals surface area contributed by atoms with Gasteiger partial charge in [-0.15, -0.1) is 0 Å². The van der Waals surface area contributed by atoms with Gasteiger partial charge in [0.25, 0.3) is 0 Å². The lowest BCUT2D eigenvalue weighted by Gasteiger charge is -2.44. The zero-order chi connectivity index (χ0) is 18.1. The highest BCUT2D eigenvalue weighted by Gasteiger charge is 2.49. The fourth-order valence-corrected chi connectivity index (χ4v) is 5.18. The maximum atomic E-state index is 13.6. The van der Waals surface area contributed by atoms with E-state index >= 15 is 0 Å². The van der Waals surface area contributed by atoms with Crippen LogP contribution in [0.1, 0.15) is 37.7 Å². The molecular formula is C21H29ClN2O2. The standard InChI is InChI=1S/C21H29ClN2O2/c1-26-12-11-23-13-16-3-8-19(23)15-24(14-16)20(25)21(9-2-10-21)17-4-6-18(22)7-5-17/h4-7,16,19H,2-3,8-15H2,1H3/t16-,19-/m0/s1. The highest BCUT2D eigenvalue weighted by atomic mass is 35.5. The molecular weight excluding hydrogens is 348 g/mol. The second kappa shape index (κ2) is 7.49. The van der Waals surface area contributed by atoms with Crippen molar-refractivity contribution in [2.75, 3.05) is 39.9 Å². The predicted octanol–water partition coefficient (Wildman–Crippen LogP) is 3.33. The smallest absolute Gasteiger partial charge is 0.233 e. The zero-order valence-electron chi connectivity index (χ0n) is 15.6. The molecule has 0 N–H and O–H groups in total. The second-order valence-electron chi connectivity index (χ2n) is 8.24. The van der Waals surface area contributed by atoms with Crippen molar-refractivity contribution in [2.45, 2.75) is 43.6 Å². The molecule has 26 heavy (non-hydrogen) atoms. The first-order valence-corrected chi connectivity index (χ1v) is 10.3. The van der Waals surface area contributed by atoms with Gasteiger partial charge >= 0.3 is 0 Å². The Labute approximate surface area is 161 Å². The molecule has 0 radical (unpaired) electrons. The number of methoxy groups -OCH3 is 1. The van der Waals surface area contributed by atoms with Crippen LogP contribution in [-0.4, -0.2) is 61.6 Å². The van der Waals surface area contributed by atoms with Gasteiger partial charge in [0.1, 0.15) is 0 Å². The van der Waals surface area contributed by atoms with Crippen LogP contribution in [0.15, 0.2) is 24.3 Å². The monoisotopic (exact) mass is 376 g/mol. The molecule has 5 rings (SSSR count). The summed E-state index contributed by atoms with van der Waals surface area (Å²) in [5, 5.41) is 0.734. The summed E-state index contributed by atoms with van der Waals surface area (Å²) in [6.45, 7) is 4.63. The Balaban J connectivity index is 1.53. The van der Waals surface area contributed by atoms with E-state index in [-0.39, 0.29) is 5.41 Å². The molecule has 142 valence electrons. The summed E-state index contributed by atoms with van der Waals surface area (Å²) in [4.78, 5) is 18.4. The highest BCUT2D eigenvalue weighted by molar-refractivity contribution is 6.30. The Morgan fingerprint density at radius 2 is 1.96 bits per heavy atom. The minimum atomic E-state index is -0.314. The lowest BCUT2D eigenvalue weighted by molar-refractivity contribution is -0.141. The third kappa shape index (κ3) is 3.28. The van der Waals surface area contributed by atoms with E-state index in [1.807, 2.05) is 12.1 Å². The van der Waals surface area contributed by atoms with Crippen molar-refractivity contribution in [1.82, 2.24) is 9.80 Å². The Morgan fingerprint density at radius 1 is 1.19 bits per heavy atom. The van der Waals surface area contributed by atoms with E-state index in [1.165, 1.54) is 12.8 Å². The van der Waals surface area contributed by atoms with Crippen molar-refractivity contribution in [3.05, 3.63) is 34.9 Å². The number of halogens is 1. The van der Waals surface area contributed by atoms with Gasteiger partial charge in [0.05, 0.1) is 12.0 Å². The number of nitrogens with zero attached hydrogens (tertiary/aromatic N) is 2. The van der Waals surface area contributed by atoms with Crippen molar-refractivity contribution in [2.24, 2.45) is 5.92 Å². The summed E-state index contributed by atoms with van der Waals surface area (Å²) in [5.74, 6) is 0.938. The number of benzene rings is 1. The molecule has 4 aliphatic rings. The van der Waals surface area contributed by atoms with Gasteiger partial charge in [-0.05, 0) is 49.3 Å². The summed E-state index contributed by atoms with van der Waals surface area (Å²) in [6.07, 6.45) is 5.51. The number of ether oxygens (including phenoxy) is 1. The van der Waals surface area contributed by atoms with E-state index in [1.54, 1.807) is 7.11 Å². The molecule has 3 aliphatic heterocycles. The summed E-state index contributed by atoms with van der Waals surface area (Å²) in [7, 11) is 1.76. The van der Waals surface area contributed by atoms with Crippen molar-refractivity contribution < 1.29 is 9.53 Å². The minimum absolute atomic E-state index is 0.314. The molecule has 5 heteroatoms. The van der Waals surface area contributed by atoms with Crippen LogP contribution >= 0.6 is 11.6 Å². The number of carbonyl (C=O) groups excluding carboxylic acids is 1. The molecule has 2 atom stereocenters. The number of amides is 1. The molecule has 1 aromatic rings. The number of carbonyl (C=O) groups is 1. The van der Waals surface area contributed by atoms with Crippen LogP contribution in [0.5, 0.6) is 0 Å². The first-order chi connectivity index (χ1) is 12.6. The molecule has 4 fully saturated rings. The number of hydrogen-bond donors (Lipinski definition) is 0. The largest absolute Gasteiger partial charge is 0.383 e. The zero-order valence-corrected chi connectivity index (χ0v) is 16.4. The van der Waals surface area contributed by atoms with E-state index in [9.17, 15) is 4.79 Å². The average molecular weight is 377 g/mol. The summed E-state index contributed by atoms with van der Waals surface area (Å²) in [5.41, 5.74) is 0.831. The van der Waals surface area contributed by atoms with Crippen molar-refractivity contribution in [3.8, 4) is 0 Å². The van der Waals surface area contributed by atoms with Gasteiger partial charge in [0.15, 0.2) is 0 Å². The van der Waals surface area contributed by atoms with Crippen LogP contribution in [0.2, 0.25) is 5.02 Å². The van der Waals surface area contributed by atoms with Gasteiger partial charge in [-0.3, -0.25) is 9.69 Å². The van der Waals surface area contributed by atoms with E-state index in [4.69, 9.17) is 16.3 Å². The average Bonchev–Trinajstić information content (AvgIpc) is 2.92. The number of rotatable bonds is 5. The van der Waals surface area contributed by atoms with Crippen LogP contribution in [0.4, 0.5) is 0 Å². The Kier molecular flexibility index (Phi) is 5.27. The molecule has 0 aromatic heterocycles. The first kappa shape index (κ1) is 18.3. The number of piperidine rings is 1. The van der Waals surface area contributed by atoms with Crippen LogP contribution in [0, 0.1) is 5.92 Å². The predicted molar refractivity (Wildman–Crippen MR) is 104 cm³/mol.